The van der Waals surface area contributed by atoms with Gasteiger partial charge in [-0.15, -0.1) is 0 Å². The predicted octanol–water partition coefficient (Wildman–Crippen LogP) is 6.96. The number of ether oxygens (including phenoxy) is 1. The quantitative estimate of drug-likeness (QED) is 0.166. The van der Waals surface area contributed by atoms with Gasteiger partial charge in [0.2, 0.25) is 0 Å². The number of carbonyl (C=O) groups excluding carboxylic acids is 3. The van der Waals surface area contributed by atoms with Gasteiger partial charge in [-0.05, 0) is 130 Å². The molecule has 7 rings (SSSR count). The van der Waals surface area contributed by atoms with Crippen molar-refractivity contribution in [3.05, 3.63) is 47.6 Å². The van der Waals surface area contributed by atoms with Crippen LogP contribution in [0.2, 0.25) is 0 Å². The first-order valence-corrected chi connectivity index (χ1v) is 15.1. The van der Waals surface area contributed by atoms with Crippen molar-refractivity contribution in [3.8, 4) is 0 Å². The SMILES string of the molecule is CC1=CC(=O)[C@H]2/C(C=O)=C\C[C@H]3[C@@H]([C@@H](C)/C=C\C=C/C(=O)OC45CC6CC(CC(C6)C4)C5)CC[C@]3(C)C[C@H]12. The molecule has 4 heteroatoms. The van der Waals surface area contributed by atoms with E-state index in [0.717, 1.165) is 74.6 Å². The van der Waals surface area contributed by atoms with Crippen LogP contribution in [0.4, 0.5) is 0 Å². The standard InChI is InChI=1S/C34H44O4/c1-21(6-4-5-7-31(37)38-34-16-23-13-24(17-34)15-25(14-23)18-34)27-10-11-33(3)19-28-22(2)12-30(36)32(28)26(20-35)8-9-29(27)33/h4-8,12,20-21,23-25,27-29,32H,9-11,13-19H2,1-3H3/b6-4-,7-5-,26-8-/t21-,23?,24?,25?,27+,28+,29-,32-,33+,34?/m0/s1. The van der Waals surface area contributed by atoms with Gasteiger partial charge in [0.15, 0.2) is 5.78 Å². The summed E-state index contributed by atoms with van der Waals surface area (Å²) in [7, 11) is 0. The van der Waals surface area contributed by atoms with Crippen LogP contribution in [0.25, 0.3) is 0 Å². The Labute approximate surface area is 228 Å². The average Bonchev–Trinajstić information content (AvgIpc) is 3.29. The van der Waals surface area contributed by atoms with Gasteiger partial charge in [0.05, 0.1) is 5.92 Å². The Kier molecular flexibility index (Phi) is 6.68. The van der Waals surface area contributed by atoms with Crippen molar-refractivity contribution in [2.75, 3.05) is 0 Å². The summed E-state index contributed by atoms with van der Waals surface area (Å²) in [6.07, 6.45) is 23.9. The van der Waals surface area contributed by atoms with Crippen LogP contribution in [0.3, 0.4) is 0 Å². The summed E-state index contributed by atoms with van der Waals surface area (Å²) in [5.74, 6) is 3.46. The number of rotatable bonds is 6. The van der Waals surface area contributed by atoms with Crippen molar-refractivity contribution in [1.29, 1.82) is 0 Å². The molecule has 4 bridgehead atoms. The third-order valence-corrected chi connectivity index (χ3v) is 11.6. The molecule has 0 radical (unpaired) electrons. The van der Waals surface area contributed by atoms with Gasteiger partial charge in [-0.3, -0.25) is 9.59 Å². The lowest BCUT2D eigenvalue weighted by molar-refractivity contribution is -0.181. The van der Waals surface area contributed by atoms with Gasteiger partial charge >= 0.3 is 5.97 Å². The smallest absolute Gasteiger partial charge is 0.331 e. The molecule has 5 saturated carbocycles. The van der Waals surface area contributed by atoms with E-state index in [-0.39, 0.29) is 34.6 Å². The molecule has 0 aromatic rings. The van der Waals surface area contributed by atoms with Crippen molar-refractivity contribution < 1.29 is 19.1 Å². The number of carbonyl (C=O) groups is 3. The number of hydrogen-bond acceptors (Lipinski definition) is 4. The second-order valence-electron chi connectivity index (χ2n) is 14.2. The molecule has 38 heavy (non-hydrogen) atoms. The molecule has 0 heterocycles. The molecule has 4 nitrogen and oxygen atoms in total. The minimum absolute atomic E-state index is 0.104. The number of hydrogen-bond donors (Lipinski definition) is 0. The first-order chi connectivity index (χ1) is 18.2. The fraction of sp³-hybridized carbons (Fsp3) is 0.676. The number of fused-ring (bicyclic) bond motifs is 2. The third-order valence-electron chi connectivity index (χ3n) is 11.6. The Morgan fingerprint density at radius 3 is 2.42 bits per heavy atom. The highest BCUT2D eigenvalue weighted by molar-refractivity contribution is 6.01. The number of allylic oxidation sites excluding steroid dienone is 7. The van der Waals surface area contributed by atoms with Crippen molar-refractivity contribution >= 4 is 18.0 Å². The van der Waals surface area contributed by atoms with E-state index in [2.05, 4.69) is 32.9 Å². The van der Waals surface area contributed by atoms with Crippen LogP contribution in [0.15, 0.2) is 47.6 Å². The van der Waals surface area contributed by atoms with Crippen molar-refractivity contribution in [2.24, 2.45) is 52.8 Å². The Hall–Kier alpha value is -2.23. The summed E-state index contributed by atoms with van der Waals surface area (Å²) in [4.78, 5) is 37.3. The second-order valence-corrected chi connectivity index (χ2v) is 14.2. The topological polar surface area (TPSA) is 60.4 Å². The normalized spacial score (nSPS) is 45.8. The average molecular weight is 517 g/mol. The molecule has 0 N–H and O–H groups in total. The van der Waals surface area contributed by atoms with Gasteiger partial charge in [0.1, 0.15) is 11.9 Å². The molecule has 0 amide bonds. The van der Waals surface area contributed by atoms with Crippen LogP contribution in [0, 0.1) is 52.8 Å². The van der Waals surface area contributed by atoms with Crippen LogP contribution in [-0.4, -0.2) is 23.6 Å². The van der Waals surface area contributed by atoms with Crippen LogP contribution >= 0.6 is 0 Å². The first-order valence-electron chi connectivity index (χ1n) is 15.1. The highest BCUT2D eigenvalue weighted by Crippen LogP contribution is 2.59. The second kappa shape index (κ2) is 9.75. The molecule has 0 aliphatic heterocycles. The lowest BCUT2D eigenvalue weighted by Gasteiger charge is -2.55. The molecular formula is C34H44O4. The summed E-state index contributed by atoms with van der Waals surface area (Å²) >= 11 is 0. The lowest BCUT2D eigenvalue weighted by Crippen LogP contribution is -2.52. The molecule has 0 saturated heterocycles. The van der Waals surface area contributed by atoms with E-state index in [0.29, 0.717) is 23.3 Å². The van der Waals surface area contributed by atoms with Gasteiger partial charge < -0.3 is 4.74 Å². The van der Waals surface area contributed by atoms with Crippen molar-refractivity contribution in [3.63, 3.8) is 0 Å². The minimum atomic E-state index is -0.273. The zero-order valence-electron chi connectivity index (χ0n) is 23.4. The molecule has 6 atom stereocenters. The van der Waals surface area contributed by atoms with E-state index < -0.39 is 0 Å². The molecule has 0 unspecified atom stereocenters. The van der Waals surface area contributed by atoms with E-state index in [4.69, 9.17) is 4.74 Å². The monoisotopic (exact) mass is 516 g/mol. The van der Waals surface area contributed by atoms with E-state index in [1.165, 1.54) is 19.3 Å². The van der Waals surface area contributed by atoms with E-state index in [1.807, 2.05) is 12.2 Å². The first kappa shape index (κ1) is 26.0. The van der Waals surface area contributed by atoms with Crippen molar-refractivity contribution in [1.82, 2.24) is 0 Å². The molecule has 0 spiro atoms. The highest BCUT2D eigenvalue weighted by Gasteiger charge is 2.53. The maximum absolute atomic E-state index is 12.7. The van der Waals surface area contributed by atoms with Gasteiger partial charge in [-0.2, -0.15) is 0 Å². The number of ketones is 1. The summed E-state index contributed by atoms with van der Waals surface area (Å²) in [5.41, 5.74) is 1.79. The van der Waals surface area contributed by atoms with E-state index >= 15 is 0 Å². The minimum Gasteiger partial charge on any atom is -0.456 e. The summed E-state index contributed by atoms with van der Waals surface area (Å²) in [5, 5.41) is 0. The molecule has 204 valence electrons. The largest absolute Gasteiger partial charge is 0.456 e. The maximum atomic E-state index is 12.7. The van der Waals surface area contributed by atoms with Crippen LogP contribution in [0.5, 0.6) is 0 Å². The predicted molar refractivity (Wildman–Crippen MR) is 148 cm³/mol. The Morgan fingerprint density at radius 2 is 1.76 bits per heavy atom. The van der Waals surface area contributed by atoms with E-state index in [1.54, 1.807) is 12.2 Å². The maximum Gasteiger partial charge on any atom is 0.331 e. The molecule has 5 fully saturated rings. The molecule has 0 aromatic carbocycles. The lowest BCUT2D eigenvalue weighted by atomic mass is 9.54. The van der Waals surface area contributed by atoms with Gasteiger partial charge in [0, 0.05) is 6.08 Å². The summed E-state index contributed by atoms with van der Waals surface area (Å²) in [6, 6.07) is 0. The molecule has 0 aromatic heterocycles. The summed E-state index contributed by atoms with van der Waals surface area (Å²) in [6.45, 7) is 6.75. The van der Waals surface area contributed by atoms with Crippen LogP contribution in [0.1, 0.15) is 85.0 Å². The number of esters is 1. The van der Waals surface area contributed by atoms with Gasteiger partial charge in [-0.1, -0.05) is 43.7 Å². The molecular weight excluding hydrogens is 472 g/mol. The Balaban J connectivity index is 1.09. The summed E-state index contributed by atoms with van der Waals surface area (Å²) < 4.78 is 6.12. The third kappa shape index (κ3) is 4.60. The zero-order valence-corrected chi connectivity index (χ0v) is 23.4. The van der Waals surface area contributed by atoms with E-state index in [9.17, 15) is 14.4 Å². The van der Waals surface area contributed by atoms with Crippen LogP contribution < -0.4 is 0 Å². The van der Waals surface area contributed by atoms with Gasteiger partial charge in [-0.25, -0.2) is 4.79 Å². The van der Waals surface area contributed by atoms with Crippen molar-refractivity contribution in [2.45, 2.75) is 90.6 Å². The molecule has 7 aliphatic rings. The fourth-order valence-electron chi connectivity index (χ4n) is 10.2. The fourth-order valence-corrected chi connectivity index (χ4v) is 10.2. The molecule has 7 aliphatic carbocycles. The Morgan fingerprint density at radius 1 is 1.08 bits per heavy atom. The zero-order chi connectivity index (χ0) is 26.7. The van der Waals surface area contributed by atoms with Crippen LogP contribution in [-0.2, 0) is 19.1 Å². The highest BCUT2D eigenvalue weighted by atomic mass is 16.6. The van der Waals surface area contributed by atoms with Gasteiger partial charge in [0.25, 0.3) is 0 Å². The Bertz CT molecular complexity index is 1090. The number of aldehydes is 1.